The number of aromatic nitrogens is 2. The molecular weight excluding hydrogens is 354 g/mol. The molecule has 6 nitrogen and oxygen atoms in total. The normalized spacial score (nSPS) is 11.7. The molecule has 2 aromatic carbocycles. The molecule has 3 rings (SSSR count). The van der Waals surface area contributed by atoms with Gasteiger partial charge in [0.2, 0.25) is 0 Å². The van der Waals surface area contributed by atoms with Gasteiger partial charge in [-0.25, -0.2) is 4.68 Å². The molecular formula is C19H18ClN3O3. The van der Waals surface area contributed by atoms with Gasteiger partial charge in [0.25, 0.3) is 11.8 Å². The Labute approximate surface area is 156 Å². The fourth-order valence-corrected chi connectivity index (χ4v) is 2.47. The van der Waals surface area contributed by atoms with Gasteiger partial charge in [0.05, 0.1) is 19.0 Å². The fourth-order valence-electron chi connectivity index (χ4n) is 2.30. The summed E-state index contributed by atoms with van der Waals surface area (Å²) >= 11 is 6.19. The van der Waals surface area contributed by atoms with Crippen molar-refractivity contribution in [2.24, 2.45) is 0 Å². The third-order valence-electron chi connectivity index (χ3n) is 3.65. The number of rotatable bonds is 6. The Kier molecular flexibility index (Phi) is 5.43. The topological polar surface area (TPSA) is 65.4 Å². The third-order valence-corrected chi connectivity index (χ3v) is 3.91. The second-order valence-electron chi connectivity index (χ2n) is 5.54. The maximum atomic E-state index is 12.3. The van der Waals surface area contributed by atoms with E-state index in [1.54, 1.807) is 49.2 Å². The van der Waals surface area contributed by atoms with Crippen LogP contribution < -0.4 is 14.8 Å². The summed E-state index contributed by atoms with van der Waals surface area (Å²) in [7, 11) is 1.57. The lowest BCUT2D eigenvalue weighted by Crippen LogP contribution is -2.30. The highest BCUT2D eigenvalue weighted by Crippen LogP contribution is 2.25. The maximum Gasteiger partial charge on any atom is 0.265 e. The van der Waals surface area contributed by atoms with Gasteiger partial charge in [-0.05, 0) is 31.2 Å². The zero-order chi connectivity index (χ0) is 18.5. The molecule has 0 bridgehead atoms. The molecule has 1 heterocycles. The Hall–Kier alpha value is -2.99. The van der Waals surface area contributed by atoms with Gasteiger partial charge in [-0.3, -0.25) is 4.79 Å². The number of hydrogen-bond acceptors (Lipinski definition) is 4. The summed E-state index contributed by atoms with van der Waals surface area (Å²) in [6, 6.07) is 16.6. The van der Waals surface area contributed by atoms with Gasteiger partial charge in [0.15, 0.2) is 6.10 Å². The first-order valence-electron chi connectivity index (χ1n) is 7.99. The molecule has 1 aromatic heterocycles. The number of nitrogens with zero attached hydrogens (tertiary/aromatic N) is 2. The van der Waals surface area contributed by atoms with Crippen molar-refractivity contribution in [2.45, 2.75) is 13.0 Å². The number of para-hydroxylation sites is 1. The van der Waals surface area contributed by atoms with Crippen LogP contribution in [0, 0.1) is 0 Å². The zero-order valence-corrected chi connectivity index (χ0v) is 15.1. The summed E-state index contributed by atoms with van der Waals surface area (Å²) < 4.78 is 12.4. The van der Waals surface area contributed by atoms with Crippen molar-refractivity contribution in [3.8, 4) is 17.3 Å². The van der Waals surface area contributed by atoms with Crippen molar-refractivity contribution in [2.75, 3.05) is 12.4 Å². The summed E-state index contributed by atoms with van der Waals surface area (Å²) in [5.74, 6) is 0.536. The van der Waals surface area contributed by atoms with Gasteiger partial charge in [0.1, 0.15) is 10.8 Å². The molecule has 0 spiro atoms. The average molecular weight is 372 g/mol. The van der Waals surface area contributed by atoms with Gasteiger partial charge >= 0.3 is 0 Å². The van der Waals surface area contributed by atoms with Gasteiger partial charge in [-0.2, -0.15) is 0 Å². The van der Waals surface area contributed by atoms with Crippen LogP contribution in [-0.2, 0) is 4.79 Å². The van der Waals surface area contributed by atoms with Crippen molar-refractivity contribution >= 4 is 23.2 Å². The first-order chi connectivity index (χ1) is 12.6. The Bertz CT molecular complexity index is 896. The van der Waals surface area contributed by atoms with Crippen LogP contribution in [0.15, 0.2) is 60.8 Å². The van der Waals surface area contributed by atoms with Crippen LogP contribution >= 0.6 is 11.6 Å². The number of hydrogen-bond donors (Lipinski definition) is 1. The summed E-state index contributed by atoms with van der Waals surface area (Å²) in [6.45, 7) is 1.63. The Morgan fingerprint density at radius 2 is 1.96 bits per heavy atom. The minimum atomic E-state index is -0.780. The van der Waals surface area contributed by atoms with E-state index in [-0.39, 0.29) is 11.8 Å². The average Bonchev–Trinajstić information content (AvgIpc) is 3.03. The van der Waals surface area contributed by atoms with Gasteiger partial charge < -0.3 is 14.8 Å². The summed E-state index contributed by atoms with van der Waals surface area (Å²) in [5, 5.41) is 7.40. The van der Waals surface area contributed by atoms with Gasteiger partial charge in [-0.1, -0.05) is 35.9 Å². The molecule has 0 radical (unpaired) electrons. The van der Waals surface area contributed by atoms with Crippen LogP contribution in [-0.4, -0.2) is 28.9 Å². The van der Waals surface area contributed by atoms with Crippen molar-refractivity contribution in [3.05, 3.63) is 65.8 Å². The zero-order valence-electron chi connectivity index (χ0n) is 14.3. The highest BCUT2D eigenvalue weighted by atomic mass is 35.5. The smallest absolute Gasteiger partial charge is 0.265 e. The monoisotopic (exact) mass is 371 g/mol. The summed E-state index contributed by atoms with van der Waals surface area (Å²) in [5.41, 5.74) is 1.46. The number of anilines is 1. The number of carbonyl (C=O) groups is 1. The van der Waals surface area contributed by atoms with E-state index in [2.05, 4.69) is 10.4 Å². The predicted octanol–water partition coefficient (Wildman–Crippen LogP) is 3.94. The molecule has 7 heteroatoms. The van der Waals surface area contributed by atoms with E-state index < -0.39 is 6.10 Å². The number of benzene rings is 2. The minimum Gasteiger partial charge on any atom is -0.497 e. The fraction of sp³-hybridized carbons (Fsp3) is 0.158. The van der Waals surface area contributed by atoms with Crippen molar-refractivity contribution < 1.29 is 14.3 Å². The third kappa shape index (κ3) is 4.15. The lowest BCUT2D eigenvalue weighted by Gasteiger charge is -2.13. The molecule has 0 aliphatic carbocycles. The van der Waals surface area contributed by atoms with E-state index in [1.807, 2.05) is 30.3 Å². The Morgan fingerprint density at radius 1 is 1.19 bits per heavy atom. The van der Waals surface area contributed by atoms with Crippen LogP contribution in [0.5, 0.6) is 11.6 Å². The number of carbonyl (C=O) groups excluding carboxylic acids is 1. The van der Waals surface area contributed by atoms with E-state index in [1.165, 1.54) is 0 Å². The molecule has 26 heavy (non-hydrogen) atoms. The van der Waals surface area contributed by atoms with Crippen molar-refractivity contribution in [3.63, 3.8) is 0 Å². The molecule has 134 valence electrons. The molecule has 1 atom stereocenters. The highest BCUT2D eigenvalue weighted by Gasteiger charge is 2.19. The van der Waals surface area contributed by atoms with Crippen LogP contribution in [0.4, 0.5) is 5.69 Å². The summed E-state index contributed by atoms with van der Waals surface area (Å²) in [4.78, 5) is 12.3. The van der Waals surface area contributed by atoms with E-state index in [0.29, 0.717) is 16.5 Å². The standard InChI is InChI=1S/C19H18ClN3O3/c1-13(18(24)21-14-7-6-10-16(11-14)25-2)26-19-17(20)12-23(22-19)15-8-4-3-5-9-15/h3-13H,1-2H3,(H,21,24)/t13-/m0/s1. The van der Waals surface area contributed by atoms with Crippen LogP contribution in [0.25, 0.3) is 5.69 Å². The molecule has 1 amide bonds. The molecule has 0 aliphatic heterocycles. The maximum absolute atomic E-state index is 12.3. The van der Waals surface area contributed by atoms with Gasteiger partial charge in [-0.15, -0.1) is 5.10 Å². The Morgan fingerprint density at radius 3 is 2.69 bits per heavy atom. The molecule has 3 aromatic rings. The second-order valence-corrected chi connectivity index (χ2v) is 5.95. The van der Waals surface area contributed by atoms with Crippen LogP contribution in [0.3, 0.4) is 0 Å². The van der Waals surface area contributed by atoms with E-state index in [4.69, 9.17) is 21.1 Å². The SMILES string of the molecule is COc1cccc(NC(=O)[C@H](C)Oc2nn(-c3ccccc3)cc2Cl)c1. The molecule has 1 N–H and O–H groups in total. The largest absolute Gasteiger partial charge is 0.497 e. The van der Waals surface area contributed by atoms with Crippen molar-refractivity contribution in [1.29, 1.82) is 0 Å². The van der Waals surface area contributed by atoms with Crippen LogP contribution in [0.2, 0.25) is 5.02 Å². The molecule has 0 saturated heterocycles. The quantitative estimate of drug-likeness (QED) is 0.712. The highest BCUT2D eigenvalue weighted by molar-refractivity contribution is 6.31. The first kappa shape index (κ1) is 17.8. The number of ether oxygens (including phenoxy) is 2. The number of methoxy groups -OCH3 is 1. The molecule has 0 saturated carbocycles. The lowest BCUT2D eigenvalue weighted by atomic mass is 10.3. The molecule has 0 unspecified atom stereocenters. The number of nitrogens with one attached hydrogen (secondary N) is 1. The van der Waals surface area contributed by atoms with E-state index in [9.17, 15) is 4.79 Å². The number of amides is 1. The van der Waals surface area contributed by atoms with Crippen LogP contribution in [0.1, 0.15) is 6.92 Å². The molecule has 0 aliphatic rings. The van der Waals surface area contributed by atoms with Crippen molar-refractivity contribution in [1.82, 2.24) is 9.78 Å². The van der Waals surface area contributed by atoms with E-state index in [0.717, 1.165) is 5.69 Å². The predicted molar refractivity (Wildman–Crippen MR) is 100 cm³/mol. The number of halogens is 1. The molecule has 0 fully saturated rings. The minimum absolute atomic E-state index is 0.198. The second kappa shape index (κ2) is 7.93. The summed E-state index contributed by atoms with van der Waals surface area (Å²) in [6.07, 6.45) is 0.858. The lowest BCUT2D eigenvalue weighted by molar-refractivity contribution is -0.122. The Balaban J connectivity index is 1.68. The van der Waals surface area contributed by atoms with Gasteiger partial charge in [0, 0.05) is 11.8 Å². The van der Waals surface area contributed by atoms with E-state index >= 15 is 0 Å². The first-order valence-corrected chi connectivity index (χ1v) is 8.37.